The van der Waals surface area contributed by atoms with Crippen LogP contribution in [0.4, 0.5) is 29.3 Å². The third-order valence-electron chi connectivity index (χ3n) is 3.49. The predicted molar refractivity (Wildman–Crippen MR) is 105 cm³/mol. The van der Waals surface area contributed by atoms with E-state index >= 15 is 0 Å². The van der Waals surface area contributed by atoms with Crippen LogP contribution in [0.15, 0.2) is 53.6 Å². The highest BCUT2D eigenvalue weighted by molar-refractivity contribution is 5.92. The van der Waals surface area contributed by atoms with Crippen LogP contribution < -0.4 is 21.4 Å². The van der Waals surface area contributed by atoms with E-state index in [2.05, 4.69) is 26.5 Å². The van der Waals surface area contributed by atoms with Crippen LogP contribution in [0.3, 0.4) is 0 Å². The number of halogens is 3. The number of amides is 4. The summed E-state index contributed by atoms with van der Waals surface area (Å²) in [6.07, 6.45) is -3.17. The van der Waals surface area contributed by atoms with Gasteiger partial charge in [-0.15, -0.1) is 0 Å². The Morgan fingerprint density at radius 1 is 1.00 bits per heavy atom. The Hall–Kier alpha value is -3.89. The normalized spacial score (nSPS) is 11.1. The zero-order valence-electron chi connectivity index (χ0n) is 15.7. The molecule has 0 saturated heterocycles. The molecule has 11 heteroatoms. The Balaban J connectivity index is 1.77. The Morgan fingerprint density at radius 3 is 2.33 bits per heavy atom. The van der Waals surface area contributed by atoms with Crippen molar-refractivity contribution >= 4 is 35.4 Å². The Kier molecular flexibility index (Phi) is 7.50. The minimum absolute atomic E-state index is 0.0662. The number of nitrogens with one attached hydrogen (secondary N) is 4. The molecule has 4 amide bonds. The van der Waals surface area contributed by atoms with Crippen molar-refractivity contribution in [1.29, 1.82) is 0 Å². The number of carbonyl (C=O) groups is 3. The lowest BCUT2D eigenvalue weighted by atomic mass is 10.2. The van der Waals surface area contributed by atoms with Gasteiger partial charge < -0.3 is 16.0 Å². The lowest BCUT2D eigenvalue weighted by Crippen LogP contribution is -2.37. The van der Waals surface area contributed by atoms with E-state index in [0.29, 0.717) is 11.3 Å². The second-order valence-electron chi connectivity index (χ2n) is 5.98. The van der Waals surface area contributed by atoms with Crippen LogP contribution >= 0.6 is 0 Å². The lowest BCUT2D eigenvalue weighted by Gasteiger charge is -2.10. The fraction of sp³-hybridized carbons (Fsp3) is 0.158. The molecule has 0 radical (unpaired) electrons. The smallest absolute Gasteiger partial charge is 0.329 e. The molecule has 0 atom stereocenters. The first-order chi connectivity index (χ1) is 14.1. The van der Waals surface area contributed by atoms with Crippen LogP contribution in [-0.4, -0.2) is 30.6 Å². The molecule has 8 nitrogen and oxygen atoms in total. The molecule has 0 saturated carbocycles. The summed E-state index contributed by atoms with van der Waals surface area (Å²) in [7, 11) is 0. The topological polar surface area (TPSA) is 112 Å². The van der Waals surface area contributed by atoms with Crippen LogP contribution in [0.1, 0.15) is 18.1 Å². The van der Waals surface area contributed by atoms with Gasteiger partial charge in [0.2, 0.25) is 5.91 Å². The van der Waals surface area contributed by atoms with Crippen LogP contribution in [-0.2, 0) is 15.8 Å². The lowest BCUT2D eigenvalue weighted by molar-refractivity contribution is -0.137. The maximum absolute atomic E-state index is 12.7. The van der Waals surface area contributed by atoms with Crippen LogP contribution in [0.2, 0.25) is 0 Å². The first kappa shape index (κ1) is 22.4. The fourth-order valence-electron chi connectivity index (χ4n) is 2.18. The predicted octanol–water partition coefficient (Wildman–Crippen LogP) is 2.94. The molecule has 0 aliphatic rings. The Morgan fingerprint density at radius 2 is 1.70 bits per heavy atom. The molecule has 0 aromatic heterocycles. The molecule has 2 aromatic carbocycles. The zero-order valence-corrected chi connectivity index (χ0v) is 15.7. The summed E-state index contributed by atoms with van der Waals surface area (Å²) in [5, 5.41) is 10.7. The highest BCUT2D eigenvalue weighted by Gasteiger charge is 2.30. The van der Waals surface area contributed by atoms with Crippen molar-refractivity contribution in [2.45, 2.75) is 13.1 Å². The molecule has 4 N–H and O–H groups in total. The van der Waals surface area contributed by atoms with Gasteiger partial charge in [-0.05, 0) is 35.9 Å². The van der Waals surface area contributed by atoms with Crippen molar-refractivity contribution in [3.63, 3.8) is 0 Å². The largest absolute Gasteiger partial charge is 0.416 e. The molecule has 0 heterocycles. The monoisotopic (exact) mass is 421 g/mol. The average molecular weight is 421 g/mol. The molecule has 30 heavy (non-hydrogen) atoms. The van der Waals surface area contributed by atoms with Crippen molar-refractivity contribution < 1.29 is 27.6 Å². The zero-order chi connectivity index (χ0) is 22.1. The van der Waals surface area contributed by atoms with Gasteiger partial charge in [0, 0.05) is 18.3 Å². The summed E-state index contributed by atoms with van der Waals surface area (Å²) in [6, 6.07) is 9.90. The van der Waals surface area contributed by atoms with E-state index < -0.39 is 30.2 Å². The van der Waals surface area contributed by atoms with Crippen molar-refractivity contribution in [2.75, 3.05) is 17.2 Å². The number of benzene rings is 2. The first-order valence-electron chi connectivity index (χ1n) is 8.55. The fourth-order valence-corrected chi connectivity index (χ4v) is 2.18. The Bertz CT molecular complexity index is 943. The van der Waals surface area contributed by atoms with Gasteiger partial charge in [0.05, 0.1) is 11.8 Å². The first-order valence-corrected chi connectivity index (χ1v) is 8.55. The number of nitrogens with zero attached hydrogens (tertiary/aromatic N) is 1. The number of anilines is 2. The second-order valence-corrected chi connectivity index (χ2v) is 5.98. The average Bonchev–Trinajstić information content (AvgIpc) is 2.67. The van der Waals surface area contributed by atoms with Gasteiger partial charge in [0.1, 0.15) is 6.54 Å². The third kappa shape index (κ3) is 7.62. The quantitative estimate of drug-likeness (QED) is 0.425. The van der Waals surface area contributed by atoms with Crippen molar-refractivity contribution in [3.05, 3.63) is 59.7 Å². The molecule has 0 bridgehead atoms. The van der Waals surface area contributed by atoms with Gasteiger partial charge in [0.25, 0.3) is 5.91 Å². The van der Waals surface area contributed by atoms with Gasteiger partial charge in [-0.1, -0.05) is 18.2 Å². The number of alkyl halides is 3. The number of hydrazone groups is 1. The van der Waals surface area contributed by atoms with Gasteiger partial charge in [0.15, 0.2) is 0 Å². The van der Waals surface area contributed by atoms with E-state index in [9.17, 15) is 27.6 Å². The second kappa shape index (κ2) is 10.0. The van der Waals surface area contributed by atoms with Crippen molar-refractivity contribution in [3.8, 4) is 0 Å². The van der Waals surface area contributed by atoms with E-state index in [-0.39, 0.29) is 11.6 Å². The van der Waals surface area contributed by atoms with Gasteiger partial charge in [-0.2, -0.15) is 18.3 Å². The van der Waals surface area contributed by atoms with E-state index in [0.717, 1.165) is 18.2 Å². The minimum atomic E-state index is -4.53. The highest BCUT2D eigenvalue weighted by atomic mass is 19.4. The summed E-state index contributed by atoms with van der Waals surface area (Å²) in [5.41, 5.74) is 2.49. The third-order valence-corrected chi connectivity index (χ3v) is 3.49. The number of hydrogen-bond acceptors (Lipinski definition) is 4. The van der Waals surface area contributed by atoms with E-state index in [4.69, 9.17) is 0 Å². The van der Waals surface area contributed by atoms with Crippen molar-refractivity contribution in [1.82, 2.24) is 10.7 Å². The van der Waals surface area contributed by atoms with Crippen molar-refractivity contribution in [2.24, 2.45) is 5.10 Å². The van der Waals surface area contributed by atoms with Crippen LogP contribution in [0, 0.1) is 0 Å². The molecule has 0 fully saturated rings. The van der Waals surface area contributed by atoms with E-state index in [1.165, 1.54) is 19.2 Å². The van der Waals surface area contributed by atoms with Gasteiger partial charge in [-0.25, -0.2) is 10.2 Å². The molecular formula is C19H18F3N5O3. The summed E-state index contributed by atoms with van der Waals surface area (Å²) < 4.78 is 38.0. The molecule has 2 aromatic rings. The molecule has 0 aliphatic carbocycles. The summed E-state index contributed by atoms with van der Waals surface area (Å²) in [5.74, 6) is -0.839. The van der Waals surface area contributed by atoms with Gasteiger partial charge in [-0.3, -0.25) is 9.59 Å². The minimum Gasteiger partial charge on any atom is -0.329 e. The van der Waals surface area contributed by atoms with Crippen LogP contribution in [0.5, 0.6) is 0 Å². The summed E-state index contributed by atoms with van der Waals surface area (Å²) in [4.78, 5) is 34.4. The SMILES string of the molecule is CC(=O)Nc1ccc(C=NNC(=O)CNC(=O)Nc2cccc(C(F)(F)F)c2)cc1. The molecule has 158 valence electrons. The summed E-state index contributed by atoms with van der Waals surface area (Å²) in [6.45, 7) is 0.947. The number of rotatable bonds is 6. The summed E-state index contributed by atoms with van der Waals surface area (Å²) >= 11 is 0. The number of carbonyl (C=O) groups excluding carboxylic acids is 3. The molecule has 0 aliphatic heterocycles. The number of urea groups is 1. The molecule has 2 rings (SSSR count). The molecular weight excluding hydrogens is 403 g/mol. The molecule has 0 spiro atoms. The molecule has 0 unspecified atom stereocenters. The maximum atomic E-state index is 12.7. The van der Waals surface area contributed by atoms with E-state index in [1.807, 2.05) is 0 Å². The maximum Gasteiger partial charge on any atom is 0.416 e. The van der Waals surface area contributed by atoms with Gasteiger partial charge >= 0.3 is 12.2 Å². The number of hydrogen-bond donors (Lipinski definition) is 4. The highest BCUT2D eigenvalue weighted by Crippen LogP contribution is 2.30. The van der Waals surface area contributed by atoms with Crippen LogP contribution in [0.25, 0.3) is 0 Å². The Labute approximate surface area is 169 Å². The van der Waals surface area contributed by atoms with E-state index in [1.54, 1.807) is 24.3 Å². The standard InChI is InChI=1S/C19H18F3N5O3/c1-12(28)25-15-7-5-13(6-8-15)10-24-27-17(29)11-23-18(30)26-16-4-2-3-14(9-16)19(20,21)22/h2-10H,11H2,1H3,(H,25,28)(H,27,29)(H2,23,26,30).